The molecule has 0 atom stereocenters. The highest BCUT2D eigenvalue weighted by molar-refractivity contribution is 5.95. The smallest absolute Gasteiger partial charge is 0.254 e. The molecule has 0 spiro atoms. The second-order valence-corrected chi connectivity index (χ2v) is 6.13. The van der Waals surface area contributed by atoms with E-state index in [4.69, 9.17) is 9.47 Å². The van der Waals surface area contributed by atoms with Crippen molar-refractivity contribution in [3.63, 3.8) is 0 Å². The predicted octanol–water partition coefficient (Wildman–Crippen LogP) is 2.97. The number of hydrogen-bond acceptors (Lipinski definition) is 4. The van der Waals surface area contributed by atoms with Crippen LogP contribution in [-0.4, -0.2) is 51.2 Å². The molecule has 2 aromatic carbocycles. The highest BCUT2D eigenvalue weighted by Crippen LogP contribution is 2.33. The number of amides is 1. The standard InChI is InChI=1S/C20H24N2O3/c1-15-6-4-5-7-17(15)20(23)22-12-10-21(11-13-22)18-14-16(24-2)8-9-19(18)25-3/h4-9,14H,10-13H2,1-3H3. The largest absolute Gasteiger partial charge is 0.497 e. The van der Waals surface area contributed by atoms with Crippen molar-refractivity contribution < 1.29 is 14.3 Å². The van der Waals surface area contributed by atoms with Crippen molar-refractivity contribution >= 4 is 11.6 Å². The van der Waals surface area contributed by atoms with Gasteiger partial charge in [0.25, 0.3) is 5.91 Å². The maximum absolute atomic E-state index is 12.7. The molecule has 1 fully saturated rings. The molecule has 0 unspecified atom stereocenters. The number of carbonyl (C=O) groups is 1. The van der Waals surface area contributed by atoms with Gasteiger partial charge in [-0.25, -0.2) is 0 Å². The van der Waals surface area contributed by atoms with Crippen LogP contribution in [0.15, 0.2) is 42.5 Å². The van der Waals surface area contributed by atoms with Gasteiger partial charge in [-0.3, -0.25) is 4.79 Å². The van der Waals surface area contributed by atoms with E-state index in [9.17, 15) is 4.79 Å². The quantitative estimate of drug-likeness (QED) is 0.858. The van der Waals surface area contributed by atoms with E-state index in [1.807, 2.05) is 54.3 Å². The van der Waals surface area contributed by atoms with E-state index in [1.165, 1.54) is 0 Å². The summed E-state index contributed by atoms with van der Waals surface area (Å²) in [7, 11) is 3.33. The summed E-state index contributed by atoms with van der Waals surface area (Å²) in [4.78, 5) is 16.9. The Morgan fingerprint density at radius 1 is 0.960 bits per heavy atom. The lowest BCUT2D eigenvalue weighted by Crippen LogP contribution is -2.49. The van der Waals surface area contributed by atoms with Crippen LogP contribution >= 0.6 is 0 Å². The highest BCUT2D eigenvalue weighted by Gasteiger charge is 2.24. The van der Waals surface area contributed by atoms with Crippen LogP contribution in [-0.2, 0) is 0 Å². The van der Waals surface area contributed by atoms with Crippen LogP contribution in [0.3, 0.4) is 0 Å². The summed E-state index contributed by atoms with van der Waals surface area (Å²) in [5, 5.41) is 0. The van der Waals surface area contributed by atoms with Crippen molar-refractivity contribution in [2.45, 2.75) is 6.92 Å². The molecule has 0 radical (unpaired) electrons. The van der Waals surface area contributed by atoms with Crippen molar-refractivity contribution in [2.24, 2.45) is 0 Å². The third-order valence-electron chi connectivity index (χ3n) is 4.67. The summed E-state index contributed by atoms with van der Waals surface area (Å²) in [5.74, 6) is 1.73. The van der Waals surface area contributed by atoms with Crippen LogP contribution in [0.1, 0.15) is 15.9 Å². The number of rotatable bonds is 4. The number of aryl methyl sites for hydroxylation is 1. The first kappa shape index (κ1) is 17.1. The summed E-state index contributed by atoms with van der Waals surface area (Å²) < 4.78 is 10.8. The van der Waals surface area contributed by atoms with Gasteiger partial charge in [-0.1, -0.05) is 18.2 Å². The second-order valence-electron chi connectivity index (χ2n) is 6.13. The molecule has 2 aromatic rings. The molecule has 1 amide bonds. The third-order valence-corrected chi connectivity index (χ3v) is 4.67. The molecule has 132 valence electrons. The summed E-state index contributed by atoms with van der Waals surface area (Å²) in [6, 6.07) is 13.5. The zero-order valence-electron chi connectivity index (χ0n) is 15.0. The van der Waals surface area contributed by atoms with Gasteiger partial charge < -0.3 is 19.3 Å². The molecule has 25 heavy (non-hydrogen) atoms. The zero-order valence-corrected chi connectivity index (χ0v) is 15.0. The van der Waals surface area contributed by atoms with E-state index in [0.717, 1.165) is 41.4 Å². The van der Waals surface area contributed by atoms with Gasteiger partial charge in [0.15, 0.2) is 0 Å². The Morgan fingerprint density at radius 2 is 1.68 bits per heavy atom. The first-order chi connectivity index (χ1) is 12.1. The van der Waals surface area contributed by atoms with Crippen LogP contribution < -0.4 is 14.4 Å². The van der Waals surface area contributed by atoms with Crippen LogP contribution in [0, 0.1) is 6.92 Å². The van der Waals surface area contributed by atoms with Gasteiger partial charge in [-0.05, 0) is 30.7 Å². The minimum absolute atomic E-state index is 0.107. The molecule has 0 saturated carbocycles. The summed E-state index contributed by atoms with van der Waals surface area (Å²) in [6.07, 6.45) is 0. The third kappa shape index (κ3) is 3.55. The van der Waals surface area contributed by atoms with Crippen molar-refractivity contribution in [3.05, 3.63) is 53.6 Å². The molecule has 0 aliphatic carbocycles. The number of anilines is 1. The van der Waals surface area contributed by atoms with Gasteiger partial charge in [0.05, 0.1) is 19.9 Å². The second kappa shape index (κ2) is 7.47. The molecule has 1 heterocycles. The molecular weight excluding hydrogens is 316 g/mol. The molecule has 3 rings (SSSR count). The topological polar surface area (TPSA) is 42.0 Å². The first-order valence-corrected chi connectivity index (χ1v) is 8.46. The van der Waals surface area contributed by atoms with Crippen LogP contribution in [0.5, 0.6) is 11.5 Å². The van der Waals surface area contributed by atoms with Gasteiger partial charge in [0.2, 0.25) is 0 Å². The van der Waals surface area contributed by atoms with Crippen LogP contribution in [0.2, 0.25) is 0 Å². The molecule has 5 nitrogen and oxygen atoms in total. The van der Waals surface area contributed by atoms with Crippen molar-refractivity contribution in [3.8, 4) is 11.5 Å². The van der Waals surface area contributed by atoms with E-state index in [0.29, 0.717) is 13.1 Å². The molecule has 0 bridgehead atoms. The molecule has 5 heteroatoms. The van der Waals surface area contributed by atoms with E-state index < -0.39 is 0 Å². The first-order valence-electron chi connectivity index (χ1n) is 8.46. The Hall–Kier alpha value is -2.69. The maximum atomic E-state index is 12.7. The van der Waals surface area contributed by atoms with E-state index >= 15 is 0 Å². The van der Waals surface area contributed by atoms with Gasteiger partial charge in [-0.15, -0.1) is 0 Å². The van der Waals surface area contributed by atoms with Crippen molar-refractivity contribution in [1.29, 1.82) is 0 Å². The lowest BCUT2D eigenvalue weighted by Gasteiger charge is -2.37. The average molecular weight is 340 g/mol. The maximum Gasteiger partial charge on any atom is 0.254 e. The van der Waals surface area contributed by atoms with Gasteiger partial charge >= 0.3 is 0 Å². The average Bonchev–Trinajstić information content (AvgIpc) is 2.67. The summed E-state index contributed by atoms with van der Waals surface area (Å²) >= 11 is 0. The van der Waals surface area contributed by atoms with Crippen molar-refractivity contribution in [1.82, 2.24) is 4.90 Å². The highest BCUT2D eigenvalue weighted by atomic mass is 16.5. The van der Waals surface area contributed by atoms with Gasteiger partial charge in [-0.2, -0.15) is 0 Å². The Labute approximate surface area is 148 Å². The Bertz CT molecular complexity index is 752. The molecule has 1 saturated heterocycles. The normalized spacial score (nSPS) is 14.4. The number of ether oxygens (including phenoxy) is 2. The minimum atomic E-state index is 0.107. The Kier molecular flexibility index (Phi) is 5.12. The summed E-state index contributed by atoms with van der Waals surface area (Å²) in [6.45, 7) is 4.88. The van der Waals surface area contributed by atoms with Gasteiger partial charge in [0.1, 0.15) is 11.5 Å². The number of carbonyl (C=O) groups excluding carboxylic acids is 1. The Balaban J connectivity index is 1.72. The molecule has 1 aliphatic rings. The van der Waals surface area contributed by atoms with Crippen molar-refractivity contribution in [2.75, 3.05) is 45.3 Å². The predicted molar refractivity (Wildman–Crippen MR) is 98.8 cm³/mol. The van der Waals surface area contributed by atoms with Crippen LogP contribution in [0.4, 0.5) is 5.69 Å². The van der Waals surface area contributed by atoms with E-state index in [-0.39, 0.29) is 5.91 Å². The lowest BCUT2D eigenvalue weighted by atomic mass is 10.1. The fraction of sp³-hybridized carbons (Fsp3) is 0.350. The fourth-order valence-corrected chi connectivity index (χ4v) is 3.18. The van der Waals surface area contributed by atoms with Crippen LogP contribution in [0.25, 0.3) is 0 Å². The summed E-state index contributed by atoms with van der Waals surface area (Å²) in [5.41, 5.74) is 2.81. The number of methoxy groups -OCH3 is 2. The lowest BCUT2D eigenvalue weighted by molar-refractivity contribution is 0.0746. The zero-order chi connectivity index (χ0) is 17.8. The number of hydrogen-bond donors (Lipinski definition) is 0. The molecule has 0 N–H and O–H groups in total. The number of nitrogens with zero attached hydrogens (tertiary/aromatic N) is 2. The fourth-order valence-electron chi connectivity index (χ4n) is 3.18. The van der Waals surface area contributed by atoms with E-state index in [2.05, 4.69) is 4.90 Å². The number of piperazine rings is 1. The minimum Gasteiger partial charge on any atom is -0.497 e. The monoisotopic (exact) mass is 340 g/mol. The number of benzene rings is 2. The molecule has 0 aromatic heterocycles. The Morgan fingerprint density at radius 3 is 2.32 bits per heavy atom. The molecular formula is C20H24N2O3. The molecule has 1 aliphatic heterocycles. The van der Waals surface area contributed by atoms with E-state index in [1.54, 1.807) is 14.2 Å². The SMILES string of the molecule is COc1ccc(OC)c(N2CCN(C(=O)c3ccccc3C)CC2)c1. The van der Waals surface area contributed by atoms with Gasteiger partial charge in [0, 0.05) is 37.8 Å².